The zero-order valence-corrected chi connectivity index (χ0v) is 14.5. The van der Waals surface area contributed by atoms with E-state index in [2.05, 4.69) is 10.3 Å². The summed E-state index contributed by atoms with van der Waals surface area (Å²) >= 11 is 1.38. The molecule has 0 atom stereocenters. The van der Waals surface area contributed by atoms with E-state index >= 15 is 0 Å². The van der Waals surface area contributed by atoms with E-state index in [1.807, 2.05) is 5.38 Å². The van der Waals surface area contributed by atoms with Gasteiger partial charge in [0.15, 0.2) is 11.5 Å². The Kier molecular flexibility index (Phi) is 4.53. The van der Waals surface area contributed by atoms with Crippen molar-refractivity contribution in [2.45, 2.75) is 6.42 Å². The summed E-state index contributed by atoms with van der Waals surface area (Å²) in [7, 11) is 0. The van der Waals surface area contributed by atoms with E-state index in [9.17, 15) is 9.18 Å². The molecule has 0 fully saturated rings. The molecule has 0 aliphatic carbocycles. The number of thiazole rings is 1. The first kappa shape index (κ1) is 16.5. The van der Waals surface area contributed by atoms with E-state index in [0.29, 0.717) is 46.7 Å². The minimum atomic E-state index is -0.310. The first-order valence-electron chi connectivity index (χ1n) is 8.07. The Labute approximate surface area is 153 Å². The predicted molar refractivity (Wildman–Crippen MR) is 97.3 cm³/mol. The fraction of sp³-hybridized carbons (Fsp3) is 0.158. The molecule has 132 valence electrons. The fourth-order valence-electron chi connectivity index (χ4n) is 2.63. The quantitative estimate of drug-likeness (QED) is 0.757. The number of benzene rings is 2. The van der Waals surface area contributed by atoms with Crippen molar-refractivity contribution < 1.29 is 18.7 Å². The van der Waals surface area contributed by atoms with Crippen LogP contribution in [0.3, 0.4) is 0 Å². The summed E-state index contributed by atoms with van der Waals surface area (Å²) in [5.41, 5.74) is 1.98. The van der Waals surface area contributed by atoms with Crippen LogP contribution in [-0.2, 0) is 11.2 Å². The molecule has 1 aromatic heterocycles. The van der Waals surface area contributed by atoms with Gasteiger partial charge >= 0.3 is 0 Å². The molecule has 1 N–H and O–H groups in total. The number of rotatable bonds is 4. The summed E-state index contributed by atoms with van der Waals surface area (Å²) < 4.78 is 24.3. The van der Waals surface area contributed by atoms with E-state index in [4.69, 9.17) is 9.47 Å². The maximum atomic E-state index is 13.3. The summed E-state index contributed by atoms with van der Waals surface area (Å²) in [4.78, 5) is 16.7. The van der Waals surface area contributed by atoms with E-state index in [1.54, 1.807) is 30.3 Å². The Bertz CT molecular complexity index is 957. The highest BCUT2D eigenvalue weighted by molar-refractivity contribution is 7.13. The number of fused-ring (bicyclic) bond motifs is 1. The number of nitrogens with one attached hydrogen (secondary N) is 1. The lowest BCUT2D eigenvalue weighted by Gasteiger charge is -2.18. The van der Waals surface area contributed by atoms with Crippen LogP contribution >= 0.6 is 11.3 Å². The molecule has 0 saturated carbocycles. The van der Waals surface area contributed by atoms with Crippen molar-refractivity contribution in [3.63, 3.8) is 0 Å². The van der Waals surface area contributed by atoms with Gasteiger partial charge in [0.1, 0.15) is 24.0 Å². The summed E-state index contributed by atoms with van der Waals surface area (Å²) in [6.45, 7) is 1.02. The average molecular weight is 370 g/mol. The standard InChI is InChI=1S/C19H15FN2O3S/c20-13-3-1-2-12(8-13)19-22-15(11-26-19)10-18(23)21-14-4-5-16-17(9-14)25-7-6-24-16/h1-5,8-9,11H,6-7,10H2,(H,21,23). The maximum Gasteiger partial charge on any atom is 0.230 e. The van der Waals surface area contributed by atoms with Crippen molar-refractivity contribution in [2.24, 2.45) is 0 Å². The van der Waals surface area contributed by atoms with E-state index < -0.39 is 0 Å². The van der Waals surface area contributed by atoms with Gasteiger partial charge in [-0.1, -0.05) is 12.1 Å². The van der Waals surface area contributed by atoms with Gasteiger partial charge in [0.2, 0.25) is 5.91 Å². The highest BCUT2D eigenvalue weighted by Crippen LogP contribution is 2.32. The number of carbonyl (C=O) groups excluding carboxylic acids is 1. The van der Waals surface area contributed by atoms with Crippen molar-refractivity contribution >= 4 is 22.9 Å². The van der Waals surface area contributed by atoms with Crippen molar-refractivity contribution in [3.05, 3.63) is 59.4 Å². The van der Waals surface area contributed by atoms with Gasteiger partial charge in [0, 0.05) is 22.7 Å². The average Bonchev–Trinajstić information content (AvgIpc) is 3.10. The second-order valence-corrected chi connectivity index (χ2v) is 6.60. The molecule has 4 rings (SSSR count). The lowest BCUT2D eigenvalue weighted by molar-refractivity contribution is -0.115. The predicted octanol–water partition coefficient (Wildman–Crippen LogP) is 3.90. The van der Waals surface area contributed by atoms with Gasteiger partial charge < -0.3 is 14.8 Å². The number of carbonyl (C=O) groups is 1. The second kappa shape index (κ2) is 7.13. The Hall–Kier alpha value is -2.93. The SMILES string of the molecule is O=C(Cc1csc(-c2cccc(F)c2)n1)Nc1ccc2c(c1)OCCO2. The van der Waals surface area contributed by atoms with Crippen LogP contribution < -0.4 is 14.8 Å². The lowest BCUT2D eigenvalue weighted by atomic mass is 10.2. The molecule has 7 heteroatoms. The van der Waals surface area contributed by atoms with Gasteiger partial charge in [-0.05, 0) is 24.3 Å². The molecule has 5 nitrogen and oxygen atoms in total. The Morgan fingerprint density at radius 2 is 2.00 bits per heavy atom. The van der Waals surface area contributed by atoms with Crippen LogP contribution in [0.25, 0.3) is 10.6 Å². The number of hydrogen-bond acceptors (Lipinski definition) is 5. The van der Waals surface area contributed by atoms with Crippen molar-refractivity contribution in [3.8, 4) is 22.1 Å². The Morgan fingerprint density at radius 3 is 2.85 bits per heavy atom. The van der Waals surface area contributed by atoms with Crippen LogP contribution in [0.2, 0.25) is 0 Å². The summed E-state index contributed by atoms with van der Waals surface area (Å²) in [6, 6.07) is 11.5. The first-order chi connectivity index (χ1) is 12.7. The van der Waals surface area contributed by atoms with Crippen LogP contribution in [0.15, 0.2) is 47.8 Å². The third-order valence-electron chi connectivity index (χ3n) is 3.79. The molecular weight excluding hydrogens is 355 g/mol. The van der Waals surface area contributed by atoms with Crippen LogP contribution in [-0.4, -0.2) is 24.1 Å². The third-order valence-corrected chi connectivity index (χ3v) is 4.73. The molecule has 0 bridgehead atoms. The van der Waals surface area contributed by atoms with Crippen LogP contribution in [0, 0.1) is 5.82 Å². The molecule has 2 aromatic carbocycles. The topological polar surface area (TPSA) is 60.5 Å². The van der Waals surface area contributed by atoms with Crippen molar-refractivity contribution in [1.29, 1.82) is 0 Å². The number of halogens is 1. The van der Waals surface area contributed by atoms with E-state index in [0.717, 1.165) is 0 Å². The van der Waals surface area contributed by atoms with Crippen LogP contribution in [0.4, 0.5) is 10.1 Å². The molecule has 26 heavy (non-hydrogen) atoms. The minimum Gasteiger partial charge on any atom is -0.486 e. The molecule has 2 heterocycles. The van der Waals surface area contributed by atoms with Crippen LogP contribution in [0.1, 0.15) is 5.69 Å². The highest BCUT2D eigenvalue weighted by atomic mass is 32.1. The molecule has 1 amide bonds. The summed E-state index contributed by atoms with van der Waals surface area (Å²) in [5, 5.41) is 5.32. The molecule has 0 spiro atoms. The largest absolute Gasteiger partial charge is 0.486 e. The zero-order chi connectivity index (χ0) is 17.9. The Balaban J connectivity index is 1.42. The second-order valence-electron chi connectivity index (χ2n) is 5.74. The van der Waals surface area contributed by atoms with Crippen LogP contribution in [0.5, 0.6) is 11.5 Å². The number of hydrogen-bond donors (Lipinski definition) is 1. The van der Waals surface area contributed by atoms with Gasteiger partial charge in [-0.2, -0.15) is 0 Å². The fourth-order valence-corrected chi connectivity index (χ4v) is 3.45. The smallest absolute Gasteiger partial charge is 0.230 e. The Morgan fingerprint density at radius 1 is 1.15 bits per heavy atom. The minimum absolute atomic E-state index is 0.139. The highest BCUT2D eigenvalue weighted by Gasteiger charge is 2.14. The normalized spacial score (nSPS) is 12.7. The van der Waals surface area contributed by atoms with Gasteiger partial charge in [-0.3, -0.25) is 4.79 Å². The molecule has 0 radical (unpaired) electrons. The molecule has 1 aliphatic rings. The van der Waals surface area contributed by atoms with Crippen molar-refractivity contribution in [1.82, 2.24) is 4.98 Å². The van der Waals surface area contributed by atoms with E-state index in [-0.39, 0.29) is 18.1 Å². The summed E-state index contributed by atoms with van der Waals surface area (Å²) in [5.74, 6) is 0.804. The molecule has 1 aliphatic heterocycles. The van der Waals surface area contributed by atoms with E-state index in [1.165, 1.54) is 23.5 Å². The first-order valence-corrected chi connectivity index (χ1v) is 8.95. The summed E-state index contributed by atoms with van der Waals surface area (Å²) in [6.07, 6.45) is 0.139. The van der Waals surface area contributed by atoms with Crippen molar-refractivity contribution in [2.75, 3.05) is 18.5 Å². The number of amides is 1. The number of aromatic nitrogens is 1. The third kappa shape index (κ3) is 3.67. The number of nitrogens with zero attached hydrogens (tertiary/aromatic N) is 1. The van der Waals surface area contributed by atoms with Gasteiger partial charge in [0.25, 0.3) is 0 Å². The van der Waals surface area contributed by atoms with Gasteiger partial charge in [-0.15, -0.1) is 11.3 Å². The van der Waals surface area contributed by atoms with Gasteiger partial charge in [0.05, 0.1) is 12.1 Å². The monoisotopic (exact) mass is 370 g/mol. The molecule has 3 aromatic rings. The lowest BCUT2D eigenvalue weighted by Crippen LogP contribution is -2.17. The molecule has 0 saturated heterocycles. The number of ether oxygens (including phenoxy) is 2. The molecular formula is C19H15FN2O3S. The number of anilines is 1. The van der Waals surface area contributed by atoms with Gasteiger partial charge in [-0.25, -0.2) is 9.37 Å². The molecule has 0 unspecified atom stereocenters. The maximum absolute atomic E-state index is 13.3. The zero-order valence-electron chi connectivity index (χ0n) is 13.7.